The molecule has 0 aliphatic carbocycles. The van der Waals surface area contributed by atoms with Gasteiger partial charge in [0.25, 0.3) is 11.9 Å². The Morgan fingerprint density at radius 2 is 1.05 bits per heavy atom. The van der Waals surface area contributed by atoms with Crippen LogP contribution in [0.5, 0.6) is 0 Å². The first-order chi connectivity index (χ1) is 8.07. The van der Waals surface area contributed by atoms with Crippen molar-refractivity contribution in [2.45, 2.75) is 24.9 Å². The van der Waals surface area contributed by atoms with Gasteiger partial charge in [-0.1, -0.05) is 0 Å². The van der Waals surface area contributed by atoms with Crippen molar-refractivity contribution in [3.8, 4) is 0 Å². The molecule has 19 heavy (non-hydrogen) atoms. The maximum Gasteiger partial charge on any atom is 2.00 e. The summed E-state index contributed by atoms with van der Waals surface area (Å²) in [6.07, 6.45) is -0.843. The topological polar surface area (TPSA) is 208 Å². The van der Waals surface area contributed by atoms with E-state index in [-0.39, 0.29) is 16.5 Å². The van der Waals surface area contributed by atoms with Crippen LogP contribution < -0.4 is 11.5 Å². The van der Waals surface area contributed by atoms with Crippen molar-refractivity contribution in [1.29, 1.82) is 0 Å². The summed E-state index contributed by atoms with van der Waals surface area (Å²) in [5, 5.41) is 16.1. The summed E-state index contributed by atoms with van der Waals surface area (Å²) in [4.78, 5) is 39.6. The maximum absolute atomic E-state index is 9.95. The van der Waals surface area contributed by atoms with Gasteiger partial charge in [-0.25, -0.2) is 0 Å². The molecule has 8 N–H and O–H groups in total. The number of carbonyl (C=O) groups is 4. The van der Waals surface area contributed by atoms with E-state index < -0.39 is 48.7 Å². The van der Waals surface area contributed by atoms with E-state index in [0.717, 1.165) is 0 Å². The molecule has 0 saturated heterocycles. The SMILES string of the molecule is [NH-]C(CC(N)=O)C(=O)O.[NH-]C(CC(N)=O)C(=O)O.[Ni+2]. The van der Waals surface area contributed by atoms with Crippen LogP contribution in [0.4, 0.5) is 0 Å². The minimum atomic E-state index is -1.41. The Balaban J connectivity index is -0.000000256. The molecule has 0 spiro atoms. The van der Waals surface area contributed by atoms with Gasteiger partial charge in [0.1, 0.15) is 0 Å². The average molecular weight is 321 g/mol. The van der Waals surface area contributed by atoms with Crippen LogP contribution >= 0.6 is 0 Å². The van der Waals surface area contributed by atoms with Crippen molar-refractivity contribution in [3.05, 3.63) is 11.5 Å². The molecule has 0 aromatic carbocycles. The molecule has 0 aliphatic heterocycles. The van der Waals surface area contributed by atoms with Crippen LogP contribution in [0.25, 0.3) is 11.5 Å². The molecule has 0 saturated carbocycles. The van der Waals surface area contributed by atoms with Gasteiger partial charge in [0.2, 0.25) is 11.8 Å². The minimum absolute atomic E-state index is 0. The zero-order valence-electron chi connectivity index (χ0n) is 9.57. The van der Waals surface area contributed by atoms with Crippen molar-refractivity contribution in [1.82, 2.24) is 0 Å². The van der Waals surface area contributed by atoms with E-state index in [4.69, 9.17) is 21.7 Å². The number of hydrogen-bond donors (Lipinski definition) is 4. The molecule has 0 rings (SSSR count). The number of rotatable bonds is 6. The Labute approximate surface area is 118 Å². The molecular formula is C8H14N4NiO6. The molecule has 112 valence electrons. The van der Waals surface area contributed by atoms with Gasteiger partial charge in [-0.3, -0.25) is 19.2 Å². The minimum Gasteiger partial charge on any atom is -0.665 e. The summed E-state index contributed by atoms with van der Waals surface area (Å²) >= 11 is 0. The molecular weight excluding hydrogens is 307 g/mol. The van der Waals surface area contributed by atoms with Crippen LogP contribution in [0.15, 0.2) is 0 Å². The summed E-state index contributed by atoms with van der Waals surface area (Å²) in [5.74, 6) is -4.18. The molecule has 0 aromatic rings. The molecule has 2 amide bonds. The third-order valence-corrected chi connectivity index (χ3v) is 1.41. The van der Waals surface area contributed by atoms with Crippen LogP contribution in [-0.4, -0.2) is 46.0 Å². The summed E-state index contributed by atoms with van der Waals surface area (Å²) in [7, 11) is 0. The zero-order valence-corrected chi connectivity index (χ0v) is 10.6. The van der Waals surface area contributed by atoms with E-state index in [9.17, 15) is 19.2 Å². The van der Waals surface area contributed by atoms with Gasteiger partial charge in [0, 0.05) is 12.8 Å². The predicted molar refractivity (Wildman–Crippen MR) is 59.1 cm³/mol. The Morgan fingerprint density at radius 1 is 0.842 bits per heavy atom. The number of aliphatic carboxylic acids is 2. The number of nitrogens with one attached hydrogen (secondary N) is 2. The Morgan fingerprint density at radius 3 is 1.11 bits per heavy atom. The van der Waals surface area contributed by atoms with Gasteiger partial charge in [-0.2, -0.15) is 0 Å². The third kappa shape index (κ3) is 16.3. The fraction of sp³-hybridized carbons (Fsp3) is 0.500. The smallest absolute Gasteiger partial charge is 0.665 e. The van der Waals surface area contributed by atoms with Gasteiger partial charge < -0.3 is 33.1 Å². The van der Waals surface area contributed by atoms with Crippen LogP contribution in [0, 0.1) is 0 Å². The first-order valence-electron chi connectivity index (χ1n) is 4.52. The molecule has 0 bridgehead atoms. The number of nitrogens with two attached hydrogens (primary N) is 2. The van der Waals surface area contributed by atoms with Gasteiger partial charge >= 0.3 is 16.5 Å². The van der Waals surface area contributed by atoms with E-state index in [1.54, 1.807) is 0 Å². The van der Waals surface area contributed by atoms with Crippen molar-refractivity contribution in [2.24, 2.45) is 11.5 Å². The van der Waals surface area contributed by atoms with Gasteiger partial charge in [0.15, 0.2) is 0 Å². The number of carboxylic acids is 2. The van der Waals surface area contributed by atoms with Crippen molar-refractivity contribution < 1.29 is 45.9 Å². The van der Waals surface area contributed by atoms with Gasteiger partial charge in [-0.05, 0) is 12.1 Å². The summed E-state index contributed by atoms with van der Waals surface area (Å²) < 4.78 is 0. The van der Waals surface area contributed by atoms with E-state index in [1.165, 1.54) is 0 Å². The predicted octanol–water partition coefficient (Wildman–Crippen LogP) is -1.27. The van der Waals surface area contributed by atoms with Gasteiger partial charge in [0.05, 0.1) is 0 Å². The number of carbonyl (C=O) groups excluding carboxylic acids is 2. The van der Waals surface area contributed by atoms with Crippen LogP contribution in [0.3, 0.4) is 0 Å². The summed E-state index contributed by atoms with van der Waals surface area (Å²) in [5.41, 5.74) is 22.5. The quantitative estimate of drug-likeness (QED) is 0.438. The second kappa shape index (κ2) is 11.4. The number of amides is 2. The fourth-order valence-corrected chi connectivity index (χ4v) is 0.577. The maximum atomic E-state index is 9.95. The van der Waals surface area contributed by atoms with E-state index >= 15 is 0 Å². The third-order valence-electron chi connectivity index (χ3n) is 1.41. The summed E-state index contributed by atoms with van der Waals surface area (Å²) in [6, 6.07) is -2.83. The molecule has 11 heteroatoms. The van der Waals surface area contributed by atoms with E-state index in [0.29, 0.717) is 0 Å². The Hall–Kier alpha value is -1.71. The van der Waals surface area contributed by atoms with E-state index in [1.807, 2.05) is 0 Å². The first kappa shape index (κ1) is 22.5. The Bertz CT molecular complexity index is 305. The van der Waals surface area contributed by atoms with Crippen molar-refractivity contribution in [2.75, 3.05) is 0 Å². The van der Waals surface area contributed by atoms with Crippen molar-refractivity contribution in [3.63, 3.8) is 0 Å². The molecule has 0 fully saturated rings. The van der Waals surface area contributed by atoms with Crippen LogP contribution in [0.2, 0.25) is 0 Å². The van der Waals surface area contributed by atoms with E-state index in [2.05, 4.69) is 11.5 Å². The Kier molecular flexibility index (Phi) is 13.5. The number of carboxylic acid groups (broad SMARTS) is 2. The fourth-order valence-electron chi connectivity index (χ4n) is 0.577. The monoisotopic (exact) mass is 320 g/mol. The average Bonchev–Trinajstić information content (AvgIpc) is 2.16. The molecule has 2 atom stereocenters. The largest absolute Gasteiger partial charge is 2.00 e. The molecule has 0 heterocycles. The van der Waals surface area contributed by atoms with Gasteiger partial charge in [-0.15, -0.1) is 0 Å². The molecule has 2 unspecified atom stereocenters. The zero-order chi connectivity index (χ0) is 14.9. The number of hydrogen-bond acceptors (Lipinski definition) is 4. The second-order valence-electron chi connectivity index (χ2n) is 3.12. The first-order valence-corrected chi connectivity index (χ1v) is 4.52. The standard InChI is InChI=1S/2C4H7N2O3.Ni/c2*5-2(4(8)9)1-3(6)7;/h2*2,5H,1H2,(H2,6,7)(H,8,9);/q2*-1;+2. The summed E-state index contributed by atoms with van der Waals surface area (Å²) in [6.45, 7) is 0. The number of primary amides is 2. The molecule has 0 aliphatic rings. The van der Waals surface area contributed by atoms with Crippen LogP contribution in [-0.2, 0) is 35.7 Å². The molecule has 10 nitrogen and oxygen atoms in total. The normalized spacial score (nSPS) is 11.9. The van der Waals surface area contributed by atoms with Crippen molar-refractivity contribution >= 4 is 23.8 Å². The molecule has 0 radical (unpaired) electrons. The van der Waals surface area contributed by atoms with Crippen LogP contribution in [0.1, 0.15) is 12.8 Å². The molecule has 0 aromatic heterocycles. The second-order valence-corrected chi connectivity index (χ2v) is 3.12.